The van der Waals surface area contributed by atoms with Crippen molar-refractivity contribution < 1.29 is 4.42 Å². The van der Waals surface area contributed by atoms with Gasteiger partial charge in [0.2, 0.25) is 11.1 Å². The molecule has 0 atom stereocenters. The topological polar surface area (TPSA) is 46.0 Å². The lowest BCUT2D eigenvalue weighted by molar-refractivity contribution is 0.656. The Bertz CT molecular complexity index is 997. The van der Waals surface area contributed by atoms with Crippen molar-refractivity contribution in [2.45, 2.75) is 0 Å². The second-order valence-electron chi connectivity index (χ2n) is 4.45. The van der Waals surface area contributed by atoms with Gasteiger partial charge in [-0.3, -0.25) is 4.79 Å². The molecule has 0 bridgehead atoms. The van der Waals surface area contributed by atoms with Crippen molar-refractivity contribution in [2.75, 3.05) is 0 Å². The standard InChI is InChI=1S/C15H8ClNO2/c16-8-5-6-11-10(7-8)14(18)13-9-3-1-2-4-12(9)19-15(13)17-11/h1-7H,(H,17,18). The van der Waals surface area contributed by atoms with Crippen LogP contribution in [0.4, 0.5) is 0 Å². The predicted molar refractivity (Wildman–Crippen MR) is 76.9 cm³/mol. The van der Waals surface area contributed by atoms with Gasteiger partial charge in [0.05, 0.1) is 10.9 Å². The van der Waals surface area contributed by atoms with Gasteiger partial charge in [-0.25, -0.2) is 0 Å². The van der Waals surface area contributed by atoms with Gasteiger partial charge in [-0.1, -0.05) is 29.8 Å². The first-order valence-corrected chi connectivity index (χ1v) is 6.24. The first-order valence-electron chi connectivity index (χ1n) is 5.87. The molecule has 92 valence electrons. The smallest absolute Gasteiger partial charge is 0.209 e. The first kappa shape index (κ1) is 10.6. The van der Waals surface area contributed by atoms with E-state index in [-0.39, 0.29) is 5.43 Å². The van der Waals surface area contributed by atoms with Crippen molar-refractivity contribution >= 4 is 44.6 Å². The number of aromatic nitrogens is 1. The molecule has 0 unspecified atom stereocenters. The summed E-state index contributed by atoms with van der Waals surface area (Å²) in [6.07, 6.45) is 0. The highest BCUT2D eigenvalue weighted by molar-refractivity contribution is 6.31. The van der Waals surface area contributed by atoms with Crippen LogP contribution in [-0.4, -0.2) is 4.98 Å². The van der Waals surface area contributed by atoms with Crippen LogP contribution in [0.15, 0.2) is 51.7 Å². The fourth-order valence-electron chi connectivity index (χ4n) is 2.43. The molecule has 0 aliphatic heterocycles. The fourth-order valence-corrected chi connectivity index (χ4v) is 2.60. The summed E-state index contributed by atoms with van der Waals surface area (Å²) >= 11 is 5.96. The number of furan rings is 1. The SMILES string of the molecule is O=c1c2cc(Cl)ccc2[nH]c2oc3ccccc3c12. The van der Waals surface area contributed by atoms with E-state index in [0.717, 1.165) is 10.9 Å². The van der Waals surface area contributed by atoms with Crippen LogP contribution in [0.3, 0.4) is 0 Å². The summed E-state index contributed by atoms with van der Waals surface area (Å²) in [5.41, 5.74) is 1.87. The summed E-state index contributed by atoms with van der Waals surface area (Å²) in [7, 11) is 0. The Morgan fingerprint density at radius 2 is 1.89 bits per heavy atom. The normalized spacial score (nSPS) is 11.6. The summed E-state index contributed by atoms with van der Waals surface area (Å²) < 4.78 is 5.68. The lowest BCUT2D eigenvalue weighted by atomic mass is 10.1. The lowest BCUT2D eigenvalue weighted by Gasteiger charge is -1.98. The number of halogens is 1. The Morgan fingerprint density at radius 3 is 2.79 bits per heavy atom. The van der Waals surface area contributed by atoms with E-state index in [1.54, 1.807) is 18.2 Å². The zero-order valence-corrected chi connectivity index (χ0v) is 10.5. The average Bonchev–Trinajstić information content (AvgIpc) is 2.78. The third kappa shape index (κ3) is 1.42. The minimum atomic E-state index is -0.0591. The Labute approximate surface area is 112 Å². The maximum absolute atomic E-state index is 12.6. The van der Waals surface area contributed by atoms with Gasteiger partial charge in [0.25, 0.3) is 0 Å². The molecule has 0 fully saturated rings. The molecule has 0 saturated heterocycles. The number of rotatable bonds is 0. The molecule has 1 N–H and O–H groups in total. The van der Waals surface area contributed by atoms with Gasteiger partial charge in [0.1, 0.15) is 5.58 Å². The number of para-hydroxylation sites is 1. The molecule has 4 heteroatoms. The van der Waals surface area contributed by atoms with Crippen molar-refractivity contribution in [2.24, 2.45) is 0 Å². The third-order valence-electron chi connectivity index (χ3n) is 3.30. The fraction of sp³-hybridized carbons (Fsp3) is 0. The van der Waals surface area contributed by atoms with Crippen LogP contribution in [0.1, 0.15) is 0 Å². The number of hydrogen-bond donors (Lipinski definition) is 1. The van der Waals surface area contributed by atoms with Crippen molar-refractivity contribution in [3.05, 3.63) is 57.7 Å². The first-order chi connectivity index (χ1) is 9.24. The summed E-state index contributed by atoms with van der Waals surface area (Å²) in [6, 6.07) is 12.7. The van der Waals surface area contributed by atoms with E-state index in [0.29, 0.717) is 27.1 Å². The Morgan fingerprint density at radius 1 is 1.05 bits per heavy atom. The monoisotopic (exact) mass is 269 g/mol. The largest absolute Gasteiger partial charge is 0.440 e. The molecule has 0 amide bonds. The highest BCUT2D eigenvalue weighted by atomic mass is 35.5. The Kier molecular flexibility index (Phi) is 2.03. The lowest BCUT2D eigenvalue weighted by Crippen LogP contribution is -2.02. The number of nitrogens with one attached hydrogen (secondary N) is 1. The van der Waals surface area contributed by atoms with E-state index in [9.17, 15) is 4.79 Å². The second kappa shape index (κ2) is 3.62. The molecule has 0 radical (unpaired) electrons. The van der Waals surface area contributed by atoms with Gasteiger partial charge < -0.3 is 9.40 Å². The Hall–Kier alpha value is -2.26. The summed E-state index contributed by atoms with van der Waals surface area (Å²) in [5.74, 6) is 0. The van der Waals surface area contributed by atoms with Crippen LogP contribution >= 0.6 is 11.6 Å². The van der Waals surface area contributed by atoms with E-state index in [1.165, 1.54) is 0 Å². The molecule has 2 aromatic carbocycles. The number of aromatic amines is 1. The zero-order chi connectivity index (χ0) is 13.0. The van der Waals surface area contributed by atoms with Gasteiger partial charge >= 0.3 is 0 Å². The van der Waals surface area contributed by atoms with Gasteiger partial charge in [-0.05, 0) is 24.3 Å². The summed E-state index contributed by atoms with van der Waals surface area (Å²) in [5, 5.41) is 2.52. The molecule has 0 aliphatic rings. The van der Waals surface area contributed by atoms with E-state index in [1.807, 2.05) is 24.3 Å². The van der Waals surface area contributed by atoms with E-state index >= 15 is 0 Å². The van der Waals surface area contributed by atoms with Crippen molar-refractivity contribution in [3.63, 3.8) is 0 Å². The zero-order valence-electron chi connectivity index (χ0n) is 9.74. The molecule has 0 spiro atoms. The maximum atomic E-state index is 12.6. The van der Waals surface area contributed by atoms with Gasteiger partial charge in [0.15, 0.2) is 0 Å². The van der Waals surface area contributed by atoms with E-state index in [2.05, 4.69) is 4.98 Å². The van der Waals surface area contributed by atoms with Crippen molar-refractivity contribution in [1.29, 1.82) is 0 Å². The van der Waals surface area contributed by atoms with E-state index in [4.69, 9.17) is 16.0 Å². The highest BCUT2D eigenvalue weighted by Crippen LogP contribution is 2.27. The number of hydrogen-bond acceptors (Lipinski definition) is 2. The van der Waals surface area contributed by atoms with Gasteiger partial charge in [-0.15, -0.1) is 0 Å². The van der Waals surface area contributed by atoms with Crippen molar-refractivity contribution in [3.8, 4) is 0 Å². The summed E-state index contributed by atoms with van der Waals surface area (Å²) in [4.78, 5) is 15.7. The van der Waals surface area contributed by atoms with E-state index < -0.39 is 0 Å². The Balaban J connectivity index is 2.34. The summed E-state index contributed by atoms with van der Waals surface area (Å²) in [6.45, 7) is 0. The molecular formula is C15H8ClNO2. The van der Waals surface area contributed by atoms with Crippen LogP contribution < -0.4 is 5.43 Å². The maximum Gasteiger partial charge on any atom is 0.209 e. The van der Waals surface area contributed by atoms with Crippen LogP contribution in [-0.2, 0) is 0 Å². The molecule has 2 aromatic heterocycles. The molecule has 0 aliphatic carbocycles. The molecule has 19 heavy (non-hydrogen) atoms. The second-order valence-corrected chi connectivity index (χ2v) is 4.88. The predicted octanol–water partition coefficient (Wildman–Crippen LogP) is 4.08. The van der Waals surface area contributed by atoms with Crippen LogP contribution in [0.5, 0.6) is 0 Å². The van der Waals surface area contributed by atoms with Crippen molar-refractivity contribution in [1.82, 2.24) is 4.98 Å². The van der Waals surface area contributed by atoms with Crippen LogP contribution in [0.2, 0.25) is 5.02 Å². The third-order valence-corrected chi connectivity index (χ3v) is 3.53. The van der Waals surface area contributed by atoms with Crippen LogP contribution in [0.25, 0.3) is 33.0 Å². The molecular weight excluding hydrogens is 262 g/mol. The number of pyridine rings is 1. The van der Waals surface area contributed by atoms with Crippen LogP contribution in [0, 0.1) is 0 Å². The molecule has 4 rings (SSSR count). The average molecular weight is 270 g/mol. The van der Waals surface area contributed by atoms with Gasteiger partial charge in [0, 0.05) is 15.8 Å². The molecule has 0 saturated carbocycles. The highest BCUT2D eigenvalue weighted by Gasteiger charge is 2.13. The number of fused-ring (bicyclic) bond motifs is 4. The van der Waals surface area contributed by atoms with Gasteiger partial charge in [-0.2, -0.15) is 0 Å². The minimum Gasteiger partial charge on any atom is -0.440 e. The quantitative estimate of drug-likeness (QED) is 0.523. The molecule has 3 nitrogen and oxygen atoms in total. The minimum absolute atomic E-state index is 0.0591. The number of benzene rings is 2. The molecule has 4 aromatic rings. The number of H-pyrrole nitrogens is 1. The molecule has 2 heterocycles.